The zero-order valence-corrected chi connectivity index (χ0v) is 11.7. The van der Waals surface area contributed by atoms with Gasteiger partial charge >= 0.3 is 0 Å². The third-order valence-electron chi connectivity index (χ3n) is 2.62. The number of nitrogens with two attached hydrogens (primary N) is 1. The van der Waals surface area contributed by atoms with E-state index in [1.807, 2.05) is 43.3 Å². The van der Waals surface area contributed by atoms with Crippen LogP contribution in [0.5, 0.6) is 5.88 Å². The Hall–Kier alpha value is -1.39. The molecule has 2 N–H and O–H groups in total. The van der Waals surface area contributed by atoms with Crippen molar-refractivity contribution in [3.05, 3.63) is 58.2 Å². The van der Waals surface area contributed by atoms with E-state index in [-0.39, 0.29) is 6.04 Å². The first-order chi connectivity index (χ1) is 8.66. The largest absolute Gasteiger partial charge is 0.473 e. The number of pyridine rings is 1. The summed E-state index contributed by atoms with van der Waals surface area (Å²) in [5, 5.41) is 0. The van der Waals surface area contributed by atoms with Crippen molar-refractivity contribution in [3.63, 3.8) is 0 Å². The van der Waals surface area contributed by atoms with Crippen LogP contribution < -0.4 is 10.5 Å². The first-order valence-corrected chi connectivity index (χ1v) is 6.54. The Balaban J connectivity index is 2.00. The first kappa shape index (κ1) is 13.1. The van der Waals surface area contributed by atoms with Gasteiger partial charge in [0.05, 0.1) is 0 Å². The Morgan fingerprint density at radius 2 is 2.06 bits per heavy atom. The quantitative estimate of drug-likeness (QED) is 0.941. The molecule has 0 aliphatic rings. The van der Waals surface area contributed by atoms with Crippen molar-refractivity contribution in [2.45, 2.75) is 19.6 Å². The molecule has 0 saturated heterocycles. The summed E-state index contributed by atoms with van der Waals surface area (Å²) in [5.41, 5.74) is 7.86. The highest BCUT2D eigenvalue weighted by Crippen LogP contribution is 2.18. The molecule has 3 nitrogen and oxygen atoms in total. The van der Waals surface area contributed by atoms with Crippen LogP contribution in [0.2, 0.25) is 0 Å². The van der Waals surface area contributed by atoms with Crippen molar-refractivity contribution in [3.8, 4) is 5.88 Å². The highest BCUT2D eigenvalue weighted by Gasteiger charge is 2.03. The van der Waals surface area contributed by atoms with Crippen molar-refractivity contribution in [2.24, 2.45) is 5.73 Å². The molecule has 0 amide bonds. The Kier molecular flexibility index (Phi) is 4.33. The van der Waals surface area contributed by atoms with Gasteiger partial charge < -0.3 is 10.5 Å². The molecule has 1 aromatic carbocycles. The summed E-state index contributed by atoms with van der Waals surface area (Å²) < 4.78 is 6.66. The first-order valence-electron chi connectivity index (χ1n) is 5.74. The predicted molar refractivity (Wildman–Crippen MR) is 75.3 cm³/mol. The molecule has 0 unspecified atom stereocenters. The van der Waals surface area contributed by atoms with Gasteiger partial charge in [0, 0.05) is 28.3 Å². The van der Waals surface area contributed by atoms with Gasteiger partial charge in [-0.25, -0.2) is 4.98 Å². The third-order valence-corrected chi connectivity index (χ3v) is 3.39. The van der Waals surface area contributed by atoms with Crippen molar-refractivity contribution in [1.82, 2.24) is 4.98 Å². The summed E-state index contributed by atoms with van der Waals surface area (Å²) in [6.07, 6.45) is 1.75. The number of aromatic nitrogens is 1. The molecule has 0 saturated carbocycles. The van der Waals surface area contributed by atoms with E-state index in [1.54, 1.807) is 6.20 Å². The van der Waals surface area contributed by atoms with Crippen molar-refractivity contribution in [2.75, 3.05) is 0 Å². The number of nitrogens with zero attached hydrogens (tertiary/aromatic N) is 1. The molecule has 18 heavy (non-hydrogen) atoms. The van der Waals surface area contributed by atoms with Crippen LogP contribution >= 0.6 is 15.9 Å². The van der Waals surface area contributed by atoms with Crippen molar-refractivity contribution < 1.29 is 4.74 Å². The average Bonchev–Trinajstić information content (AvgIpc) is 2.38. The molecule has 1 aromatic heterocycles. The maximum atomic E-state index is 5.76. The summed E-state index contributed by atoms with van der Waals surface area (Å²) >= 11 is 3.48. The van der Waals surface area contributed by atoms with Crippen LogP contribution in [0.25, 0.3) is 0 Å². The fraction of sp³-hybridized carbons (Fsp3) is 0.214. The van der Waals surface area contributed by atoms with Gasteiger partial charge in [0.15, 0.2) is 0 Å². The average molecular weight is 307 g/mol. The Labute approximate surface area is 115 Å². The van der Waals surface area contributed by atoms with Crippen LogP contribution in [0.1, 0.15) is 24.1 Å². The minimum absolute atomic E-state index is 0.00480. The second-order valence-electron chi connectivity index (χ2n) is 4.10. The molecular weight excluding hydrogens is 292 g/mol. The molecule has 0 radical (unpaired) electrons. The second-order valence-corrected chi connectivity index (χ2v) is 4.95. The SMILES string of the molecule is C[C@@H](N)c1ccc(OCc2ccccc2Br)nc1. The van der Waals surface area contributed by atoms with Crippen LogP contribution in [0.15, 0.2) is 47.1 Å². The van der Waals surface area contributed by atoms with Crippen LogP contribution in [0, 0.1) is 0 Å². The Morgan fingerprint density at radius 3 is 2.67 bits per heavy atom. The second kappa shape index (κ2) is 5.98. The molecule has 1 heterocycles. The van der Waals surface area contributed by atoms with Gasteiger partial charge in [-0.2, -0.15) is 0 Å². The fourth-order valence-electron chi connectivity index (χ4n) is 1.51. The zero-order valence-electron chi connectivity index (χ0n) is 10.1. The standard InChI is InChI=1S/C14H15BrN2O/c1-10(16)11-6-7-14(17-8-11)18-9-12-4-2-3-5-13(12)15/h2-8,10H,9,16H2,1H3/t10-/m1/s1. The predicted octanol–water partition coefficient (Wildman–Crippen LogP) is 3.44. The smallest absolute Gasteiger partial charge is 0.213 e. The summed E-state index contributed by atoms with van der Waals surface area (Å²) in [4.78, 5) is 4.23. The van der Waals surface area contributed by atoms with Crippen molar-refractivity contribution >= 4 is 15.9 Å². The van der Waals surface area contributed by atoms with Gasteiger partial charge in [0.2, 0.25) is 5.88 Å². The molecule has 1 atom stereocenters. The van der Waals surface area contributed by atoms with Crippen LogP contribution in [-0.4, -0.2) is 4.98 Å². The molecule has 0 bridgehead atoms. The zero-order chi connectivity index (χ0) is 13.0. The van der Waals surface area contributed by atoms with E-state index in [1.165, 1.54) is 0 Å². The molecular formula is C14H15BrN2O. The number of rotatable bonds is 4. The summed E-state index contributed by atoms with van der Waals surface area (Å²) in [6, 6.07) is 11.7. The van der Waals surface area contributed by atoms with Crippen LogP contribution in [0.4, 0.5) is 0 Å². The lowest BCUT2D eigenvalue weighted by molar-refractivity contribution is 0.293. The molecule has 0 aliphatic carbocycles. The topological polar surface area (TPSA) is 48.1 Å². The Morgan fingerprint density at radius 1 is 1.28 bits per heavy atom. The fourth-order valence-corrected chi connectivity index (χ4v) is 1.91. The van der Waals surface area contributed by atoms with Gasteiger partial charge in [-0.15, -0.1) is 0 Å². The van der Waals surface area contributed by atoms with Crippen LogP contribution in [-0.2, 0) is 6.61 Å². The van der Waals surface area contributed by atoms with E-state index < -0.39 is 0 Å². The lowest BCUT2D eigenvalue weighted by Crippen LogP contribution is -2.05. The number of benzene rings is 1. The van der Waals surface area contributed by atoms with Crippen molar-refractivity contribution in [1.29, 1.82) is 0 Å². The molecule has 0 spiro atoms. The Bertz CT molecular complexity index is 511. The third kappa shape index (κ3) is 3.31. The number of halogens is 1. The lowest BCUT2D eigenvalue weighted by Gasteiger charge is -2.08. The molecule has 0 fully saturated rings. The molecule has 94 valence electrons. The van der Waals surface area contributed by atoms with E-state index in [9.17, 15) is 0 Å². The summed E-state index contributed by atoms with van der Waals surface area (Å²) in [7, 11) is 0. The lowest BCUT2D eigenvalue weighted by atomic mass is 10.2. The van der Waals surface area contributed by atoms with Gasteiger partial charge in [0.25, 0.3) is 0 Å². The maximum absolute atomic E-state index is 5.76. The van der Waals surface area contributed by atoms with E-state index in [0.717, 1.165) is 15.6 Å². The van der Waals surface area contributed by atoms with E-state index >= 15 is 0 Å². The van der Waals surface area contributed by atoms with Gasteiger partial charge in [0.1, 0.15) is 6.61 Å². The minimum Gasteiger partial charge on any atom is -0.473 e. The van der Waals surface area contributed by atoms with Gasteiger partial charge in [-0.1, -0.05) is 40.2 Å². The highest BCUT2D eigenvalue weighted by molar-refractivity contribution is 9.10. The van der Waals surface area contributed by atoms with E-state index in [2.05, 4.69) is 20.9 Å². The molecule has 2 rings (SSSR count). The summed E-state index contributed by atoms with van der Waals surface area (Å²) in [6.45, 7) is 2.42. The van der Waals surface area contributed by atoms with Gasteiger partial charge in [-0.05, 0) is 18.6 Å². The van der Waals surface area contributed by atoms with E-state index in [4.69, 9.17) is 10.5 Å². The van der Waals surface area contributed by atoms with Crippen LogP contribution in [0.3, 0.4) is 0 Å². The maximum Gasteiger partial charge on any atom is 0.213 e. The number of hydrogen-bond acceptors (Lipinski definition) is 3. The van der Waals surface area contributed by atoms with Gasteiger partial charge in [-0.3, -0.25) is 0 Å². The monoisotopic (exact) mass is 306 g/mol. The molecule has 4 heteroatoms. The number of ether oxygens (including phenoxy) is 1. The highest BCUT2D eigenvalue weighted by atomic mass is 79.9. The normalized spacial score (nSPS) is 12.2. The number of hydrogen-bond donors (Lipinski definition) is 1. The summed E-state index contributed by atoms with van der Waals surface area (Å²) in [5.74, 6) is 0.607. The van der Waals surface area contributed by atoms with E-state index in [0.29, 0.717) is 12.5 Å². The molecule has 2 aromatic rings. The molecule has 0 aliphatic heterocycles. The minimum atomic E-state index is -0.00480.